The number of aryl methyl sites for hydroxylation is 1. The van der Waals surface area contributed by atoms with Gasteiger partial charge in [0.1, 0.15) is 0 Å². The van der Waals surface area contributed by atoms with E-state index in [9.17, 15) is 4.79 Å². The second kappa shape index (κ2) is 3.81. The molecule has 0 radical (unpaired) electrons. The van der Waals surface area contributed by atoms with Gasteiger partial charge in [0.05, 0.1) is 23.3 Å². The highest BCUT2D eigenvalue weighted by Crippen LogP contribution is 2.17. The van der Waals surface area contributed by atoms with E-state index in [4.69, 9.17) is 5.11 Å². The van der Waals surface area contributed by atoms with Gasteiger partial charge in [0, 0.05) is 5.69 Å². The lowest BCUT2D eigenvalue weighted by Gasteiger charge is -2.08. The molecule has 16 heavy (non-hydrogen) atoms. The average Bonchev–Trinajstić information content (AvgIpc) is 2.60. The smallest absolute Gasteiger partial charge is 0.337 e. The number of hydrogen-bond acceptors (Lipinski definition) is 2. The van der Waals surface area contributed by atoms with E-state index in [1.807, 2.05) is 19.9 Å². The minimum atomic E-state index is -0.929. The third kappa shape index (κ3) is 1.58. The van der Waals surface area contributed by atoms with Crippen LogP contribution in [0, 0.1) is 13.8 Å². The molecule has 1 heterocycles. The molecule has 1 N–H and O–H groups in total. The predicted molar refractivity (Wildman–Crippen MR) is 60.0 cm³/mol. The molecule has 0 atom stereocenters. The van der Waals surface area contributed by atoms with Crippen molar-refractivity contribution in [3.63, 3.8) is 0 Å². The van der Waals surface area contributed by atoms with E-state index in [1.165, 1.54) is 0 Å². The van der Waals surface area contributed by atoms with Gasteiger partial charge in [-0.25, -0.2) is 9.78 Å². The van der Waals surface area contributed by atoms with Crippen molar-refractivity contribution in [1.29, 1.82) is 0 Å². The van der Waals surface area contributed by atoms with Crippen molar-refractivity contribution in [2.24, 2.45) is 0 Å². The molecule has 0 unspecified atom stereocenters. The number of aromatic nitrogens is 2. The Morgan fingerprint density at radius 2 is 2.00 bits per heavy atom. The van der Waals surface area contributed by atoms with Crippen LogP contribution in [0.3, 0.4) is 0 Å². The summed E-state index contributed by atoms with van der Waals surface area (Å²) in [6.07, 6.45) is 1.65. The summed E-state index contributed by atoms with van der Waals surface area (Å²) < 4.78 is 1.79. The molecule has 1 aromatic heterocycles. The summed E-state index contributed by atoms with van der Waals surface area (Å²) in [6.45, 7) is 3.82. The summed E-state index contributed by atoms with van der Waals surface area (Å²) >= 11 is 0. The van der Waals surface area contributed by atoms with Gasteiger partial charge < -0.3 is 9.67 Å². The van der Waals surface area contributed by atoms with Crippen LogP contribution in [0.4, 0.5) is 0 Å². The first-order valence-corrected chi connectivity index (χ1v) is 4.94. The quantitative estimate of drug-likeness (QED) is 0.837. The summed E-state index contributed by atoms with van der Waals surface area (Å²) in [4.78, 5) is 15.2. The Morgan fingerprint density at radius 3 is 2.56 bits per heavy atom. The van der Waals surface area contributed by atoms with Crippen LogP contribution >= 0.6 is 0 Å². The molecule has 1 aromatic carbocycles. The van der Waals surface area contributed by atoms with Crippen molar-refractivity contribution >= 4 is 5.97 Å². The highest BCUT2D eigenvalue weighted by molar-refractivity contribution is 5.91. The number of imidazole rings is 1. The zero-order chi connectivity index (χ0) is 11.7. The van der Waals surface area contributed by atoms with Crippen LogP contribution in [-0.4, -0.2) is 20.6 Å². The van der Waals surface area contributed by atoms with E-state index in [0.29, 0.717) is 5.69 Å². The fraction of sp³-hybridized carbons (Fsp3) is 0.167. The maximum atomic E-state index is 11.1. The second-order valence-electron chi connectivity index (χ2n) is 3.61. The number of carboxylic acids is 1. The van der Waals surface area contributed by atoms with Gasteiger partial charge in [0.2, 0.25) is 0 Å². The van der Waals surface area contributed by atoms with E-state index in [0.717, 1.165) is 11.4 Å². The average molecular weight is 216 g/mol. The maximum absolute atomic E-state index is 11.1. The number of benzene rings is 1. The molecule has 0 fully saturated rings. The van der Waals surface area contributed by atoms with Crippen molar-refractivity contribution in [3.05, 3.63) is 47.5 Å². The predicted octanol–water partition coefficient (Wildman–Crippen LogP) is 2.19. The van der Waals surface area contributed by atoms with Gasteiger partial charge in [0.25, 0.3) is 0 Å². The van der Waals surface area contributed by atoms with Crippen LogP contribution in [0.5, 0.6) is 0 Å². The third-order valence-corrected chi connectivity index (χ3v) is 2.65. The molecular weight excluding hydrogens is 204 g/mol. The van der Waals surface area contributed by atoms with Crippen LogP contribution in [0.2, 0.25) is 0 Å². The molecule has 0 saturated heterocycles. The molecule has 0 aliphatic heterocycles. The minimum absolute atomic E-state index is 0.281. The summed E-state index contributed by atoms with van der Waals surface area (Å²) in [6, 6.07) is 6.90. The van der Waals surface area contributed by atoms with Crippen LogP contribution in [0.1, 0.15) is 21.7 Å². The first-order chi connectivity index (χ1) is 7.61. The van der Waals surface area contributed by atoms with Gasteiger partial charge in [-0.3, -0.25) is 0 Å². The molecule has 0 spiro atoms. The van der Waals surface area contributed by atoms with Crippen molar-refractivity contribution in [2.75, 3.05) is 0 Å². The Hall–Kier alpha value is -2.10. The number of hydrogen-bond donors (Lipinski definition) is 1. The van der Waals surface area contributed by atoms with Gasteiger partial charge in [-0.05, 0) is 26.0 Å². The topological polar surface area (TPSA) is 55.1 Å². The number of rotatable bonds is 2. The van der Waals surface area contributed by atoms with Crippen molar-refractivity contribution in [3.8, 4) is 5.69 Å². The van der Waals surface area contributed by atoms with Gasteiger partial charge in [-0.1, -0.05) is 12.1 Å². The number of para-hydroxylation sites is 1. The summed E-state index contributed by atoms with van der Waals surface area (Å²) in [5.41, 5.74) is 2.78. The number of carbonyl (C=O) groups is 1. The fourth-order valence-corrected chi connectivity index (χ4v) is 1.61. The SMILES string of the molecule is Cc1ncn(-c2ccccc2C(=O)O)c1C. The zero-order valence-corrected chi connectivity index (χ0v) is 9.14. The molecule has 0 aliphatic carbocycles. The molecule has 0 amide bonds. The standard InChI is InChI=1S/C12H12N2O2/c1-8-9(2)14(7-13-8)11-6-4-3-5-10(11)12(15)16/h3-7H,1-2H3,(H,15,16). The van der Waals surface area contributed by atoms with E-state index in [-0.39, 0.29) is 5.56 Å². The minimum Gasteiger partial charge on any atom is -0.478 e. The van der Waals surface area contributed by atoms with Gasteiger partial charge in [-0.2, -0.15) is 0 Å². The second-order valence-corrected chi connectivity index (χ2v) is 3.61. The van der Waals surface area contributed by atoms with Crippen LogP contribution in [0.15, 0.2) is 30.6 Å². The van der Waals surface area contributed by atoms with Crippen LogP contribution < -0.4 is 0 Å². The third-order valence-electron chi connectivity index (χ3n) is 2.65. The molecule has 4 nitrogen and oxygen atoms in total. The maximum Gasteiger partial charge on any atom is 0.337 e. The molecule has 0 saturated carbocycles. The van der Waals surface area contributed by atoms with Crippen LogP contribution in [-0.2, 0) is 0 Å². The highest BCUT2D eigenvalue weighted by atomic mass is 16.4. The van der Waals surface area contributed by atoms with Gasteiger partial charge in [0.15, 0.2) is 0 Å². The van der Waals surface area contributed by atoms with Gasteiger partial charge in [-0.15, -0.1) is 0 Å². The van der Waals surface area contributed by atoms with E-state index in [2.05, 4.69) is 4.98 Å². The molecule has 4 heteroatoms. The van der Waals surface area contributed by atoms with Crippen LogP contribution in [0.25, 0.3) is 5.69 Å². The van der Waals surface area contributed by atoms with Crippen molar-refractivity contribution in [2.45, 2.75) is 13.8 Å². The molecule has 0 aliphatic rings. The van der Waals surface area contributed by atoms with E-state index in [1.54, 1.807) is 29.1 Å². The Kier molecular flexibility index (Phi) is 2.48. The Balaban J connectivity index is 2.64. The van der Waals surface area contributed by atoms with Gasteiger partial charge >= 0.3 is 5.97 Å². The summed E-state index contributed by atoms with van der Waals surface area (Å²) in [5, 5.41) is 9.09. The first kappa shape index (κ1) is 10.4. The summed E-state index contributed by atoms with van der Waals surface area (Å²) in [5.74, 6) is -0.929. The highest BCUT2D eigenvalue weighted by Gasteiger charge is 2.12. The fourth-order valence-electron chi connectivity index (χ4n) is 1.61. The first-order valence-electron chi connectivity index (χ1n) is 4.94. The van der Waals surface area contributed by atoms with E-state index < -0.39 is 5.97 Å². The molecule has 82 valence electrons. The molecule has 0 bridgehead atoms. The lowest BCUT2D eigenvalue weighted by molar-refractivity contribution is 0.0697. The monoisotopic (exact) mass is 216 g/mol. The lowest BCUT2D eigenvalue weighted by Crippen LogP contribution is -2.05. The number of nitrogens with zero attached hydrogens (tertiary/aromatic N) is 2. The zero-order valence-electron chi connectivity index (χ0n) is 9.14. The molecular formula is C12H12N2O2. The Morgan fingerprint density at radius 1 is 1.31 bits per heavy atom. The van der Waals surface area contributed by atoms with Crippen molar-refractivity contribution < 1.29 is 9.90 Å². The summed E-state index contributed by atoms with van der Waals surface area (Å²) in [7, 11) is 0. The Bertz CT molecular complexity index is 544. The number of carboxylic acid groups (broad SMARTS) is 1. The molecule has 2 aromatic rings. The number of aromatic carboxylic acids is 1. The largest absolute Gasteiger partial charge is 0.478 e. The van der Waals surface area contributed by atoms with Crippen molar-refractivity contribution in [1.82, 2.24) is 9.55 Å². The Labute approximate surface area is 93.2 Å². The normalized spacial score (nSPS) is 10.4. The van der Waals surface area contributed by atoms with E-state index >= 15 is 0 Å². The lowest BCUT2D eigenvalue weighted by atomic mass is 10.1. The molecule has 2 rings (SSSR count).